The highest BCUT2D eigenvalue weighted by Crippen LogP contribution is 1.97. The van der Waals surface area contributed by atoms with Crippen LogP contribution in [0.4, 0.5) is 0 Å². The lowest BCUT2D eigenvalue weighted by Gasteiger charge is -2.14. The summed E-state index contributed by atoms with van der Waals surface area (Å²) in [4.78, 5) is 43.6. The minimum absolute atomic E-state index is 0.277. The van der Waals surface area contributed by atoms with Crippen molar-refractivity contribution in [1.29, 1.82) is 0 Å². The lowest BCUT2D eigenvalue weighted by atomic mass is 10.1. The number of aliphatic hydroxyl groups is 1. The molecule has 2 atom stereocenters. The monoisotopic (exact) mass is 291 g/mol. The van der Waals surface area contributed by atoms with Crippen molar-refractivity contribution in [2.24, 2.45) is 5.73 Å². The molecule has 0 aliphatic rings. The van der Waals surface area contributed by atoms with Crippen LogP contribution in [0.5, 0.6) is 0 Å². The number of aliphatic hydroxyl groups excluding tert-OH is 1. The molecule has 0 fully saturated rings. The van der Waals surface area contributed by atoms with Gasteiger partial charge in [0.25, 0.3) is 0 Å². The third-order valence-electron chi connectivity index (χ3n) is 2.24. The van der Waals surface area contributed by atoms with Gasteiger partial charge >= 0.3 is 11.9 Å². The molecule has 2 amide bonds. The summed E-state index contributed by atoms with van der Waals surface area (Å²) in [6.45, 7) is -1.12. The highest BCUT2D eigenvalue weighted by molar-refractivity contribution is 5.89. The largest absolute Gasteiger partial charge is 0.481 e. The summed E-state index contributed by atoms with van der Waals surface area (Å²) in [5.74, 6) is -4.13. The predicted molar refractivity (Wildman–Crippen MR) is 64.5 cm³/mol. The molecule has 0 aromatic rings. The van der Waals surface area contributed by atoms with Gasteiger partial charge in [0.05, 0.1) is 13.2 Å². The van der Waals surface area contributed by atoms with Gasteiger partial charge in [-0.1, -0.05) is 0 Å². The first kappa shape index (κ1) is 17.8. The smallest absolute Gasteiger partial charge is 0.326 e. The second-order valence-electron chi connectivity index (χ2n) is 3.90. The van der Waals surface area contributed by atoms with Crippen LogP contribution in [0.1, 0.15) is 12.8 Å². The van der Waals surface area contributed by atoms with Gasteiger partial charge in [-0.25, -0.2) is 4.79 Å². The molecule has 0 radical (unpaired) electrons. The summed E-state index contributed by atoms with van der Waals surface area (Å²) in [5.41, 5.74) is 5.18. The lowest BCUT2D eigenvalue weighted by molar-refractivity contribution is -0.143. The Balaban J connectivity index is 4.23. The second-order valence-corrected chi connectivity index (χ2v) is 3.90. The van der Waals surface area contributed by atoms with Gasteiger partial charge < -0.3 is 31.7 Å². The summed E-state index contributed by atoms with van der Waals surface area (Å²) in [6, 6.07) is -2.54. The molecule has 0 spiro atoms. The third kappa shape index (κ3) is 7.28. The predicted octanol–water partition coefficient (Wildman–Crippen LogP) is -3.14. The van der Waals surface area contributed by atoms with Gasteiger partial charge in [-0.2, -0.15) is 0 Å². The number of carbonyl (C=O) groups excluding carboxylic acids is 2. The normalized spacial score (nSPS) is 13.1. The summed E-state index contributed by atoms with van der Waals surface area (Å²) in [6.07, 6.45) is -0.695. The first-order chi connectivity index (χ1) is 9.27. The van der Waals surface area contributed by atoms with E-state index in [0.29, 0.717) is 0 Å². The number of hydrogen-bond acceptors (Lipinski definition) is 6. The number of aliphatic carboxylic acids is 2. The maximum absolute atomic E-state index is 11.4. The van der Waals surface area contributed by atoms with Gasteiger partial charge in [-0.15, -0.1) is 0 Å². The van der Waals surface area contributed by atoms with E-state index in [4.69, 9.17) is 21.1 Å². The fraction of sp³-hybridized carbons (Fsp3) is 0.600. The molecule has 114 valence electrons. The SMILES string of the molecule is N[C@@H](CO)C(=O)NCC(=O)N[C@@H](CCC(=O)O)C(=O)O. The molecule has 0 rings (SSSR count). The number of carbonyl (C=O) groups is 4. The number of carboxylic acid groups (broad SMARTS) is 2. The number of nitrogens with one attached hydrogen (secondary N) is 2. The average Bonchev–Trinajstić information content (AvgIpc) is 2.39. The maximum atomic E-state index is 11.4. The van der Waals surface area contributed by atoms with Gasteiger partial charge in [0.1, 0.15) is 12.1 Å². The highest BCUT2D eigenvalue weighted by atomic mass is 16.4. The average molecular weight is 291 g/mol. The molecule has 0 aromatic carbocycles. The quantitative estimate of drug-likeness (QED) is 0.258. The van der Waals surface area contributed by atoms with E-state index in [9.17, 15) is 19.2 Å². The van der Waals surface area contributed by atoms with Crippen molar-refractivity contribution in [3.05, 3.63) is 0 Å². The minimum Gasteiger partial charge on any atom is -0.481 e. The topological polar surface area (TPSA) is 179 Å². The molecule has 0 unspecified atom stereocenters. The number of carboxylic acids is 2. The minimum atomic E-state index is -1.38. The summed E-state index contributed by atoms with van der Waals surface area (Å²) < 4.78 is 0. The van der Waals surface area contributed by atoms with E-state index >= 15 is 0 Å². The van der Waals surface area contributed by atoms with Crippen LogP contribution >= 0.6 is 0 Å². The van der Waals surface area contributed by atoms with E-state index < -0.39 is 55.4 Å². The lowest BCUT2D eigenvalue weighted by Crippen LogP contribution is -2.49. The molecule has 0 heterocycles. The molecular weight excluding hydrogens is 274 g/mol. The Hall–Kier alpha value is -2.20. The van der Waals surface area contributed by atoms with Crippen LogP contribution in [0.25, 0.3) is 0 Å². The zero-order valence-electron chi connectivity index (χ0n) is 10.5. The summed E-state index contributed by atoms with van der Waals surface area (Å²) >= 11 is 0. The van der Waals surface area contributed by atoms with E-state index in [2.05, 4.69) is 10.6 Å². The van der Waals surface area contributed by atoms with Crippen LogP contribution in [0.2, 0.25) is 0 Å². The molecule has 0 aliphatic heterocycles. The van der Waals surface area contributed by atoms with Gasteiger partial charge in [-0.3, -0.25) is 14.4 Å². The van der Waals surface area contributed by atoms with E-state index in [1.54, 1.807) is 0 Å². The fourth-order valence-electron chi connectivity index (χ4n) is 1.15. The van der Waals surface area contributed by atoms with Gasteiger partial charge in [0.15, 0.2) is 0 Å². The standard InChI is InChI=1S/C10H17N3O7/c11-5(4-14)9(18)12-3-7(15)13-6(10(19)20)1-2-8(16)17/h5-6,14H,1-4,11H2,(H,12,18)(H,13,15)(H,16,17)(H,19,20)/t5-,6-/m0/s1. The fourth-order valence-corrected chi connectivity index (χ4v) is 1.15. The number of amides is 2. The van der Waals surface area contributed by atoms with Crippen molar-refractivity contribution in [2.45, 2.75) is 24.9 Å². The zero-order valence-corrected chi connectivity index (χ0v) is 10.5. The number of hydrogen-bond donors (Lipinski definition) is 6. The Morgan fingerprint density at radius 1 is 1.15 bits per heavy atom. The Morgan fingerprint density at radius 2 is 1.75 bits per heavy atom. The Bertz CT molecular complexity index is 385. The number of nitrogens with two attached hydrogens (primary N) is 1. The van der Waals surface area contributed by atoms with E-state index in [-0.39, 0.29) is 6.42 Å². The van der Waals surface area contributed by atoms with Crippen LogP contribution in [-0.4, -0.2) is 64.3 Å². The highest BCUT2D eigenvalue weighted by Gasteiger charge is 2.21. The van der Waals surface area contributed by atoms with Crippen LogP contribution in [0, 0.1) is 0 Å². The van der Waals surface area contributed by atoms with Crippen molar-refractivity contribution in [2.75, 3.05) is 13.2 Å². The van der Waals surface area contributed by atoms with Crippen LogP contribution in [0.3, 0.4) is 0 Å². The van der Waals surface area contributed by atoms with E-state index in [1.165, 1.54) is 0 Å². The van der Waals surface area contributed by atoms with Crippen molar-refractivity contribution in [1.82, 2.24) is 10.6 Å². The van der Waals surface area contributed by atoms with E-state index in [0.717, 1.165) is 0 Å². The maximum Gasteiger partial charge on any atom is 0.326 e. The Kier molecular flexibility index (Phi) is 7.85. The summed E-state index contributed by atoms with van der Waals surface area (Å²) in [7, 11) is 0. The molecule has 0 saturated heterocycles. The third-order valence-corrected chi connectivity index (χ3v) is 2.24. The first-order valence-electron chi connectivity index (χ1n) is 5.66. The van der Waals surface area contributed by atoms with Gasteiger partial charge in [-0.05, 0) is 6.42 Å². The van der Waals surface area contributed by atoms with Crippen molar-refractivity contribution in [3.8, 4) is 0 Å². The Morgan fingerprint density at radius 3 is 2.20 bits per heavy atom. The molecular formula is C10H17N3O7. The van der Waals surface area contributed by atoms with Crippen molar-refractivity contribution < 1.29 is 34.5 Å². The van der Waals surface area contributed by atoms with E-state index in [1.807, 2.05) is 0 Å². The van der Waals surface area contributed by atoms with Crippen LogP contribution < -0.4 is 16.4 Å². The number of rotatable bonds is 9. The Labute approximate surface area is 113 Å². The molecule has 7 N–H and O–H groups in total. The molecule has 10 heteroatoms. The molecule has 0 saturated carbocycles. The van der Waals surface area contributed by atoms with Crippen LogP contribution in [-0.2, 0) is 19.2 Å². The molecule has 20 heavy (non-hydrogen) atoms. The van der Waals surface area contributed by atoms with Crippen LogP contribution in [0.15, 0.2) is 0 Å². The second kappa shape index (κ2) is 8.82. The molecule has 0 bridgehead atoms. The van der Waals surface area contributed by atoms with Gasteiger partial charge in [0.2, 0.25) is 11.8 Å². The van der Waals surface area contributed by atoms with Crippen molar-refractivity contribution >= 4 is 23.8 Å². The van der Waals surface area contributed by atoms with Gasteiger partial charge in [0, 0.05) is 6.42 Å². The molecule has 0 aliphatic carbocycles. The summed E-state index contributed by atoms with van der Waals surface area (Å²) in [5, 5.41) is 30.0. The molecule has 10 nitrogen and oxygen atoms in total. The molecule has 0 aromatic heterocycles. The zero-order chi connectivity index (χ0) is 15.7. The first-order valence-corrected chi connectivity index (χ1v) is 5.66. The van der Waals surface area contributed by atoms with Crippen molar-refractivity contribution in [3.63, 3.8) is 0 Å².